The van der Waals surface area contributed by atoms with Crippen molar-refractivity contribution in [1.29, 1.82) is 0 Å². The van der Waals surface area contributed by atoms with Crippen LogP contribution in [0.2, 0.25) is 0 Å². The molecule has 2 aromatic rings. The van der Waals surface area contributed by atoms with E-state index < -0.39 is 0 Å². The van der Waals surface area contributed by atoms with Crippen LogP contribution in [0.15, 0.2) is 34.9 Å². The maximum Gasteiger partial charge on any atom is 0.234 e. The summed E-state index contributed by atoms with van der Waals surface area (Å²) in [6.07, 6.45) is 1.68. The van der Waals surface area contributed by atoms with Gasteiger partial charge in [0.15, 0.2) is 11.5 Å². The highest BCUT2D eigenvalue weighted by atomic mass is 79.9. The number of methoxy groups -OCH3 is 1. The van der Waals surface area contributed by atoms with Gasteiger partial charge in [-0.1, -0.05) is 6.07 Å². The van der Waals surface area contributed by atoms with Gasteiger partial charge in [-0.05, 0) is 52.2 Å². The van der Waals surface area contributed by atoms with Gasteiger partial charge in [0, 0.05) is 6.20 Å². The largest absolute Gasteiger partial charge is 0.493 e. The molecule has 0 radical (unpaired) electrons. The highest BCUT2D eigenvalue weighted by Crippen LogP contribution is 2.35. The molecule has 0 saturated heterocycles. The maximum atomic E-state index is 9.10. The number of aryl methyl sites for hydroxylation is 1. The van der Waals surface area contributed by atoms with E-state index in [2.05, 4.69) is 20.9 Å². The molecule has 19 heavy (non-hydrogen) atoms. The van der Waals surface area contributed by atoms with E-state index in [0.29, 0.717) is 17.4 Å². The third-order valence-electron chi connectivity index (χ3n) is 2.67. The molecule has 100 valence electrons. The second kappa shape index (κ2) is 6.04. The molecule has 0 aliphatic rings. The fraction of sp³-hybridized carbons (Fsp3) is 0.214. The van der Waals surface area contributed by atoms with Gasteiger partial charge in [0.25, 0.3) is 0 Å². The summed E-state index contributed by atoms with van der Waals surface area (Å²) in [5, 5.41) is 9.10. The molecule has 1 aromatic heterocycles. The summed E-state index contributed by atoms with van der Waals surface area (Å²) in [4.78, 5) is 4.18. The number of aliphatic hydroxyl groups is 1. The van der Waals surface area contributed by atoms with Crippen LogP contribution in [-0.2, 0) is 6.61 Å². The van der Waals surface area contributed by atoms with Gasteiger partial charge in [-0.3, -0.25) is 0 Å². The molecule has 0 aliphatic heterocycles. The van der Waals surface area contributed by atoms with Crippen LogP contribution in [0.3, 0.4) is 0 Å². The molecule has 0 fully saturated rings. The van der Waals surface area contributed by atoms with Crippen LogP contribution in [-0.4, -0.2) is 17.2 Å². The van der Waals surface area contributed by atoms with Crippen molar-refractivity contribution >= 4 is 15.9 Å². The summed E-state index contributed by atoms with van der Waals surface area (Å²) in [7, 11) is 1.56. The number of benzene rings is 1. The Morgan fingerprint density at radius 3 is 2.74 bits per heavy atom. The summed E-state index contributed by atoms with van der Waals surface area (Å²) < 4.78 is 11.8. The standard InChI is InChI=1S/C14H14BrNO3/c1-9-5-6-16-14(13(9)15)19-11-4-3-10(8-17)7-12(11)18-2/h3-7,17H,8H2,1-2H3. The van der Waals surface area contributed by atoms with Crippen molar-refractivity contribution in [3.63, 3.8) is 0 Å². The third kappa shape index (κ3) is 3.05. The average molecular weight is 324 g/mol. The van der Waals surface area contributed by atoms with Gasteiger partial charge in [0.2, 0.25) is 5.88 Å². The Hall–Kier alpha value is -1.59. The first-order valence-corrected chi connectivity index (χ1v) is 6.51. The average Bonchev–Trinajstić information content (AvgIpc) is 2.44. The summed E-state index contributed by atoms with van der Waals surface area (Å²) in [6, 6.07) is 7.16. The third-order valence-corrected chi connectivity index (χ3v) is 3.63. The molecule has 1 N–H and O–H groups in total. The zero-order valence-electron chi connectivity index (χ0n) is 10.7. The first-order valence-electron chi connectivity index (χ1n) is 5.72. The van der Waals surface area contributed by atoms with E-state index in [9.17, 15) is 0 Å². The maximum absolute atomic E-state index is 9.10. The zero-order chi connectivity index (χ0) is 13.8. The number of hydrogen-bond acceptors (Lipinski definition) is 4. The first-order chi connectivity index (χ1) is 9.15. The lowest BCUT2D eigenvalue weighted by Gasteiger charge is -2.12. The Bertz CT molecular complexity index is 587. The molecular weight excluding hydrogens is 310 g/mol. The van der Waals surface area contributed by atoms with Gasteiger partial charge >= 0.3 is 0 Å². The van der Waals surface area contributed by atoms with E-state index >= 15 is 0 Å². The normalized spacial score (nSPS) is 10.3. The molecular formula is C14H14BrNO3. The number of aliphatic hydroxyl groups excluding tert-OH is 1. The Labute approximate surface area is 120 Å². The van der Waals surface area contributed by atoms with E-state index in [0.717, 1.165) is 15.6 Å². The Morgan fingerprint density at radius 2 is 2.05 bits per heavy atom. The topological polar surface area (TPSA) is 51.6 Å². The molecule has 2 rings (SSSR count). The zero-order valence-corrected chi connectivity index (χ0v) is 12.3. The minimum atomic E-state index is -0.0387. The number of nitrogens with zero attached hydrogens (tertiary/aromatic N) is 1. The van der Waals surface area contributed by atoms with Gasteiger partial charge < -0.3 is 14.6 Å². The van der Waals surface area contributed by atoms with Crippen LogP contribution in [0, 0.1) is 6.92 Å². The number of rotatable bonds is 4. The molecule has 1 heterocycles. The van der Waals surface area contributed by atoms with Gasteiger partial charge in [-0.25, -0.2) is 4.98 Å². The number of hydrogen-bond donors (Lipinski definition) is 1. The fourth-order valence-electron chi connectivity index (χ4n) is 1.59. The van der Waals surface area contributed by atoms with Crippen LogP contribution in [0.4, 0.5) is 0 Å². The number of halogens is 1. The van der Waals surface area contributed by atoms with Crippen LogP contribution in [0.25, 0.3) is 0 Å². The van der Waals surface area contributed by atoms with Crippen molar-refractivity contribution < 1.29 is 14.6 Å². The Morgan fingerprint density at radius 1 is 1.26 bits per heavy atom. The van der Waals surface area contributed by atoms with Crippen molar-refractivity contribution in [3.05, 3.63) is 46.1 Å². The van der Waals surface area contributed by atoms with Crippen LogP contribution >= 0.6 is 15.9 Å². The highest BCUT2D eigenvalue weighted by Gasteiger charge is 2.11. The van der Waals surface area contributed by atoms with Crippen molar-refractivity contribution in [3.8, 4) is 17.4 Å². The SMILES string of the molecule is COc1cc(CO)ccc1Oc1nccc(C)c1Br. The van der Waals surface area contributed by atoms with Gasteiger partial charge in [0.1, 0.15) is 0 Å². The summed E-state index contributed by atoms with van der Waals surface area (Å²) in [5.74, 6) is 1.59. The molecule has 1 aromatic carbocycles. The summed E-state index contributed by atoms with van der Waals surface area (Å²) in [5.41, 5.74) is 1.80. The quantitative estimate of drug-likeness (QED) is 0.936. The van der Waals surface area contributed by atoms with Crippen LogP contribution < -0.4 is 9.47 Å². The fourth-order valence-corrected chi connectivity index (χ4v) is 1.90. The smallest absolute Gasteiger partial charge is 0.234 e. The van der Waals surface area contributed by atoms with E-state index in [-0.39, 0.29) is 6.61 Å². The Balaban J connectivity index is 2.35. The van der Waals surface area contributed by atoms with Crippen molar-refractivity contribution in [2.45, 2.75) is 13.5 Å². The second-order valence-corrected chi connectivity index (χ2v) is 4.79. The second-order valence-electron chi connectivity index (χ2n) is 3.99. The molecule has 4 nitrogen and oxygen atoms in total. The Kier molecular flexibility index (Phi) is 4.39. The van der Waals surface area contributed by atoms with Gasteiger partial charge in [-0.15, -0.1) is 0 Å². The van der Waals surface area contributed by atoms with E-state index in [1.54, 1.807) is 31.5 Å². The highest BCUT2D eigenvalue weighted by molar-refractivity contribution is 9.10. The van der Waals surface area contributed by atoms with Crippen LogP contribution in [0.5, 0.6) is 17.4 Å². The molecule has 0 bridgehead atoms. The number of pyridine rings is 1. The number of aromatic nitrogens is 1. The molecule has 0 spiro atoms. The molecule has 0 amide bonds. The van der Waals surface area contributed by atoms with Crippen molar-refractivity contribution in [2.24, 2.45) is 0 Å². The molecule has 5 heteroatoms. The number of ether oxygens (including phenoxy) is 2. The first kappa shape index (κ1) is 13.8. The molecule has 0 atom stereocenters. The van der Waals surface area contributed by atoms with Crippen LogP contribution in [0.1, 0.15) is 11.1 Å². The van der Waals surface area contributed by atoms with E-state index in [1.807, 2.05) is 13.0 Å². The predicted octanol–water partition coefficient (Wildman–Crippen LogP) is 3.45. The van der Waals surface area contributed by atoms with E-state index in [1.165, 1.54) is 0 Å². The van der Waals surface area contributed by atoms with Crippen molar-refractivity contribution in [2.75, 3.05) is 7.11 Å². The predicted molar refractivity (Wildman–Crippen MR) is 75.7 cm³/mol. The minimum Gasteiger partial charge on any atom is -0.493 e. The molecule has 0 saturated carbocycles. The summed E-state index contributed by atoms with van der Waals surface area (Å²) >= 11 is 3.44. The monoisotopic (exact) mass is 323 g/mol. The van der Waals surface area contributed by atoms with Gasteiger partial charge in [-0.2, -0.15) is 0 Å². The lowest BCUT2D eigenvalue weighted by Crippen LogP contribution is -1.95. The van der Waals surface area contributed by atoms with E-state index in [4.69, 9.17) is 14.6 Å². The van der Waals surface area contributed by atoms with Crippen molar-refractivity contribution in [1.82, 2.24) is 4.98 Å². The molecule has 0 aliphatic carbocycles. The summed E-state index contributed by atoms with van der Waals surface area (Å²) in [6.45, 7) is 1.92. The van der Waals surface area contributed by atoms with Gasteiger partial charge in [0.05, 0.1) is 18.2 Å². The lowest BCUT2D eigenvalue weighted by molar-refractivity contribution is 0.280. The lowest BCUT2D eigenvalue weighted by atomic mass is 10.2. The minimum absolute atomic E-state index is 0.0387. The molecule has 0 unspecified atom stereocenters.